The first-order chi connectivity index (χ1) is 15.4. The SMILES string of the molecule is [2H]C(C)(C)n1cc(-c2ccc(CC(=O)Nc3cc(C(C)(C)C)no3)cc2)c2c(N)ncnc21. The first-order valence-electron chi connectivity index (χ1n) is 10.9. The van der Waals surface area contributed by atoms with E-state index in [0.29, 0.717) is 22.7 Å². The molecule has 4 aromatic rings. The van der Waals surface area contributed by atoms with Gasteiger partial charge in [-0.05, 0) is 25.0 Å². The fourth-order valence-corrected chi connectivity index (χ4v) is 3.50. The van der Waals surface area contributed by atoms with Gasteiger partial charge in [0.1, 0.15) is 17.8 Å². The number of hydrogen-bond donors (Lipinski definition) is 2. The lowest BCUT2D eigenvalue weighted by molar-refractivity contribution is -0.115. The molecule has 32 heavy (non-hydrogen) atoms. The highest BCUT2D eigenvalue weighted by Gasteiger charge is 2.20. The second kappa shape index (κ2) is 8.11. The highest BCUT2D eigenvalue weighted by atomic mass is 16.5. The van der Waals surface area contributed by atoms with Crippen LogP contribution in [0.3, 0.4) is 0 Å². The number of hydrogen-bond acceptors (Lipinski definition) is 6. The first kappa shape index (κ1) is 20.2. The molecule has 0 bridgehead atoms. The Morgan fingerprint density at radius 1 is 1.25 bits per heavy atom. The Kier molecular flexibility index (Phi) is 5.13. The highest BCUT2D eigenvalue weighted by molar-refractivity contribution is 6.00. The fourth-order valence-electron chi connectivity index (χ4n) is 3.50. The van der Waals surface area contributed by atoms with Crippen LogP contribution in [0.15, 0.2) is 47.4 Å². The van der Waals surface area contributed by atoms with Crippen molar-refractivity contribution in [1.29, 1.82) is 0 Å². The van der Waals surface area contributed by atoms with Gasteiger partial charge < -0.3 is 14.8 Å². The molecule has 1 aromatic carbocycles. The smallest absolute Gasteiger partial charge is 0.231 e. The standard InChI is InChI=1S/C24H28N6O2/c1-14(2)30-12-17(21-22(25)26-13-27-23(21)30)16-8-6-15(7-9-16)10-19(31)28-20-11-18(29-32-20)24(3,4)5/h6-9,11-14H,10H2,1-5H3,(H,28,31)(H2,25,26,27)/i14D. The van der Waals surface area contributed by atoms with E-state index in [9.17, 15) is 4.79 Å². The summed E-state index contributed by atoms with van der Waals surface area (Å²) < 4.78 is 15.5. The molecule has 0 unspecified atom stereocenters. The minimum Gasteiger partial charge on any atom is -0.383 e. The predicted molar refractivity (Wildman–Crippen MR) is 125 cm³/mol. The maximum atomic E-state index is 12.5. The molecule has 0 spiro atoms. The van der Waals surface area contributed by atoms with Crippen molar-refractivity contribution in [2.24, 2.45) is 0 Å². The number of fused-ring (bicyclic) bond motifs is 1. The fraction of sp³-hybridized carbons (Fsp3) is 0.333. The van der Waals surface area contributed by atoms with E-state index in [1.54, 1.807) is 24.5 Å². The second-order valence-electron chi connectivity index (χ2n) is 9.07. The Hall–Kier alpha value is -3.68. The summed E-state index contributed by atoms with van der Waals surface area (Å²) in [6, 6.07) is 8.48. The molecule has 4 rings (SSSR count). The Morgan fingerprint density at radius 3 is 2.59 bits per heavy atom. The van der Waals surface area contributed by atoms with E-state index in [1.165, 1.54) is 6.33 Å². The van der Waals surface area contributed by atoms with E-state index in [4.69, 9.17) is 11.6 Å². The Bertz CT molecular complexity index is 1310. The molecule has 1 amide bonds. The predicted octanol–water partition coefficient (Wildman–Crippen LogP) is 4.73. The van der Waals surface area contributed by atoms with Crippen LogP contribution in [0.25, 0.3) is 22.2 Å². The zero-order valence-electron chi connectivity index (χ0n) is 19.9. The van der Waals surface area contributed by atoms with Crippen molar-refractivity contribution in [3.05, 3.63) is 54.1 Å². The van der Waals surface area contributed by atoms with Crippen molar-refractivity contribution in [3.8, 4) is 11.1 Å². The molecule has 8 nitrogen and oxygen atoms in total. The van der Waals surface area contributed by atoms with Gasteiger partial charge in [-0.15, -0.1) is 0 Å². The van der Waals surface area contributed by atoms with Crippen molar-refractivity contribution in [3.63, 3.8) is 0 Å². The van der Waals surface area contributed by atoms with Crippen LogP contribution in [0.4, 0.5) is 11.7 Å². The number of rotatable bonds is 5. The molecule has 0 saturated carbocycles. The molecule has 0 aliphatic carbocycles. The molecule has 3 heterocycles. The average molecular weight is 434 g/mol. The van der Waals surface area contributed by atoms with E-state index >= 15 is 0 Å². The van der Waals surface area contributed by atoms with Crippen molar-refractivity contribution >= 4 is 28.6 Å². The van der Waals surface area contributed by atoms with Gasteiger partial charge in [0, 0.05) is 29.3 Å². The lowest BCUT2D eigenvalue weighted by atomic mass is 9.92. The number of nitrogen functional groups attached to an aromatic ring is 1. The molecular weight excluding hydrogens is 404 g/mol. The maximum Gasteiger partial charge on any atom is 0.231 e. The Balaban J connectivity index is 1.55. The topological polar surface area (TPSA) is 112 Å². The van der Waals surface area contributed by atoms with Gasteiger partial charge in [-0.2, -0.15) is 0 Å². The summed E-state index contributed by atoms with van der Waals surface area (Å²) >= 11 is 0. The number of nitrogens with one attached hydrogen (secondary N) is 1. The van der Waals surface area contributed by atoms with Gasteiger partial charge >= 0.3 is 0 Å². The molecule has 3 aromatic heterocycles. The normalized spacial score (nSPS) is 12.7. The summed E-state index contributed by atoms with van der Waals surface area (Å²) in [7, 11) is 0. The van der Waals surface area contributed by atoms with E-state index in [0.717, 1.165) is 22.4 Å². The first-order valence-corrected chi connectivity index (χ1v) is 10.4. The van der Waals surface area contributed by atoms with Gasteiger partial charge in [-0.3, -0.25) is 10.1 Å². The number of carbonyl (C=O) groups excluding carboxylic acids is 1. The molecule has 8 heteroatoms. The van der Waals surface area contributed by atoms with Gasteiger partial charge in [0.25, 0.3) is 0 Å². The maximum absolute atomic E-state index is 12.5. The van der Waals surface area contributed by atoms with Crippen LogP contribution in [-0.2, 0) is 16.6 Å². The highest BCUT2D eigenvalue weighted by Crippen LogP contribution is 2.34. The summed E-state index contributed by atoms with van der Waals surface area (Å²) in [5, 5.41) is 7.49. The third kappa shape index (κ3) is 4.21. The molecule has 0 saturated heterocycles. The average Bonchev–Trinajstić information content (AvgIpc) is 3.34. The zero-order valence-corrected chi connectivity index (χ0v) is 18.9. The monoisotopic (exact) mass is 433 g/mol. The number of nitrogens with two attached hydrogens (primary N) is 1. The third-order valence-corrected chi connectivity index (χ3v) is 5.26. The zero-order chi connectivity index (χ0) is 24.0. The summed E-state index contributed by atoms with van der Waals surface area (Å²) in [5.74, 6) is 0.510. The Labute approximate surface area is 188 Å². The number of amides is 1. The van der Waals surface area contributed by atoms with Crippen LogP contribution in [0.5, 0.6) is 0 Å². The third-order valence-electron chi connectivity index (χ3n) is 5.26. The summed E-state index contributed by atoms with van der Waals surface area (Å²) in [5.41, 5.74) is 9.98. The van der Waals surface area contributed by atoms with Crippen LogP contribution in [0, 0.1) is 0 Å². The van der Waals surface area contributed by atoms with Crippen molar-refractivity contribution in [1.82, 2.24) is 19.7 Å². The Morgan fingerprint density at radius 2 is 1.97 bits per heavy atom. The van der Waals surface area contributed by atoms with Gasteiger partial charge in [-0.25, -0.2) is 9.97 Å². The second-order valence-corrected chi connectivity index (χ2v) is 9.07. The van der Waals surface area contributed by atoms with Crippen LogP contribution in [-0.4, -0.2) is 25.6 Å². The number of carbonyl (C=O) groups is 1. The quantitative estimate of drug-likeness (QED) is 0.471. The molecule has 0 aliphatic rings. The molecule has 0 radical (unpaired) electrons. The van der Waals surface area contributed by atoms with E-state index in [-0.39, 0.29) is 17.7 Å². The van der Waals surface area contributed by atoms with Gasteiger partial charge in [0.05, 0.1) is 18.9 Å². The van der Waals surface area contributed by atoms with Crippen LogP contribution in [0.2, 0.25) is 0 Å². The largest absolute Gasteiger partial charge is 0.383 e. The molecule has 0 atom stereocenters. The van der Waals surface area contributed by atoms with E-state index < -0.39 is 6.02 Å². The lowest BCUT2D eigenvalue weighted by Gasteiger charge is -2.12. The minimum atomic E-state index is -0.914. The summed E-state index contributed by atoms with van der Waals surface area (Å²) in [4.78, 5) is 21.0. The van der Waals surface area contributed by atoms with Crippen LogP contribution >= 0.6 is 0 Å². The number of aromatic nitrogens is 4. The molecule has 0 fully saturated rings. The van der Waals surface area contributed by atoms with Crippen LogP contribution in [0.1, 0.15) is 53.3 Å². The summed E-state index contributed by atoms with van der Waals surface area (Å²) in [6.07, 6.45) is 3.48. The van der Waals surface area contributed by atoms with Crippen molar-refractivity contribution < 1.29 is 10.7 Å². The van der Waals surface area contributed by atoms with Crippen LogP contribution < -0.4 is 11.1 Å². The number of benzene rings is 1. The van der Waals surface area contributed by atoms with Gasteiger partial charge in [-0.1, -0.05) is 50.2 Å². The number of nitrogens with zero attached hydrogens (tertiary/aromatic N) is 4. The van der Waals surface area contributed by atoms with E-state index in [2.05, 4.69) is 20.4 Å². The van der Waals surface area contributed by atoms with Crippen molar-refractivity contribution in [2.75, 3.05) is 11.1 Å². The lowest BCUT2D eigenvalue weighted by Crippen LogP contribution is -2.14. The summed E-state index contributed by atoms with van der Waals surface area (Å²) in [6.45, 7) is 9.66. The van der Waals surface area contributed by atoms with Gasteiger partial charge in [0.2, 0.25) is 11.8 Å². The molecule has 3 N–H and O–H groups in total. The molecule has 166 valence electrons. The minimum absolute atomic E-state index is 0.158. The van der Waals surface area contributed by atoms with E-state index in [1.807, 2.05) is 51.2 Å². The van der Waals surface area contributed by atoms with Gasteiger partial charge in [0.15, 0.2) is 0 Å². The molecular formula is C24H28N6O2. The molecule has 0 aliphatic heterocycles. The number of anilines is 2. The van der Waals surface area contributed by atoms with Crippen molar-refractivity contribution in [2.45, 2.75) is 52.5 Å².